The van der Waals surface area contributed by atoms with Crippen LogP contribution in [-0.2, 0) is 0 Å². The summed E-state index contributed by atoms with van der Waals surface area (Å²) < 4.78 is 0. The Balaban J connectivity index is 1.68. The van der Waals surface area contributed by atoms with Crippen molar-refractivity contribution in [1.82, 2.24) is 0 Å². The second-order valence-corrected chi connectivity index (χ2v) is 6.60. The minimum Gasteiger partial charge on any atom is -0.257 e. The van der Waals surface area contributed by atoms with Crippen LogP contribution in [0, 0.1) is 6.92 Å². The van der Waals surface area contributed by atoms with E-state index in [2.05, 4.69) is 103 Å². The quantitative estimate of drug-likeness (QED) is 0.568. The SMILES string of the molecule is Cc1ccccc1N1N=C(/C=C\c2ccccc2)C[C@@H]1c1ccccc1. The van der Waals surface area contributed by atoms with Gasteiger partial charge < -0.3 is 0 Å². The van der Waals surface area contributed by atoms with E-state index < -0.39 is 0 Å². The van der Waals surface area contributed by atoms with E-state index in [1.165, 1.54) is 22.4 Å². The van der Waals surface area contributed by atoms with E-state index >= 15 is 0 Å². The second-order valence-electron chi connectivity index (χ2n) is 6.60. The zero-order valence-electron chi connectivity index (χ0n) is 14.9. The lowest BCUT2D eigenvalue weighted by Crippen LogP contribution is -2.19. The van der Waals surface area contributed by atoms with Crippen LogP contribution in [0.3, 0.4) is 0 Å². The molecule has 0 bridgehead atoms. The van der Waals surface area contributed by atoms with Gasteiger partial charge >= 0.3 is 0 Å². The number of hydrazone groups is 1. The summed E-state index contributed by atoms with van der Waals surface area (Å²) >= 11 is 0. The average Bonchev–Trinajstić information content (AvgIpc) is 3.12. The highest BCUT2D eigenvalue weighted by atomic mass is 15.5. The summed E-state index contributed by atoms with van der Waals surface area (Å²) in [6.45, 7) is 2.14. The van der Waals surface area contributed by atoms with E-state index in [-0.39, 0.29) is 6.04 Å². The van der Waals surface area contributed by atoms with Gasteiger partial charge in [0.15, 0.2) is 0 Å². The Labute approximate surface area is 155 Å². The van der Waals surface area contributed by atoms with E-state index in [4.69, 9.17) is 5.10 Å². The first kappa shape index (κ1) is 16.3. The van der Waals surface area contributed by atoms with Gasteiger partial charge in [-0.15, -0.1) is 0 Å². The second kappa shape index (κ2) is 7.40. The lowest BCUT2D eigenvalue weighted by atomic mass is 10.0. The van der Waals surface area contributed by atoms with Crippen LogP contribution in [0.1, 0.15) is 29.2 Å². The molecule has 0 aromatic heterocycles. The smallest absolute Gasteiger partial charge is 0.0831 e. The lowest BCUT2D eigenvalue weighted by molar-refractivity contribution is 0.707. The standard InChI is InChI=1S/C24H22N2/c1-19-10-8-9-15-23(19)26-24(21-13-6-3-7-14-21)18-22(25-26)17-16-20-11-4-2-5-12-20/h2-17,24H,18H2,1H3/b17-16-/t24-/m1/s1. The molecule has 26 heavy (non-hydrogen) atoms. The van der Waals surface area contributed by atoms with Gasteiger partial charge in [-0.25, -0.2) is 0 Å². The van der Waals surface area contributed by atoms with E-state index in [0.717, 1.165) is 12.1 Å². The summed E-state index contributed by atoms with van der Waals surface area (Å²) in [4.78, 5) is 0. The maximum absolute atomic E-state index is 4.96. The Bertz CT molecular complexity index is 927. The van der Waals surface area contributed by atoms with Crippen molar-refractivity contribution in [2.24, 2.45) is 5.10 Å². The Morgan fingerprint density at radius 2 is 1.46 bits per heavy atom. The summed E-state index contributed by atoms with van der Waals surface area (Å²) in [7, 11) is 0. The van der Waals surface area contributed by atoms with E-state index in [9.17, 15) is 0 Å². The average molecular weight is 338 g/mol. The number of benzene rings is 3. The summed E-state index contributed by atoms with van der Waals surface area (Å²) in [6, 6.07) is 29.7. The van der Waals surface area contributed by atoms with Crippen LogP contribution in [0.4, 0.5) is 5.69 Å². The molecule has 1 atom stereocenters. The zero-order valence-corrected chi connectivity index (χ0v) is 14.9. The van der Waals surface area contributed by atoms with Crippen molar-refractivity contribution in [1.29, 1.82) is 0 Å². The van der Waals surface area contributed by atoms with Gasteiger partial charge in [0.25, 0.3) is 0 Å². The number of rotatable bonds is 4. The normalized spacial score (nSPS) is 16.9. The largest absolute Gasteiger partial charge is 0.257 e. The van der Waals surface area contributed by atoms with E-state index in [1.54, 1.807) is 0 Å². The molecular weight excluding hydrogens is 316 g/mol. The number of aryl methyl sites for hydroxylation is 1. The Kier molecular flexibility index (Phi) is 4.65. The van der Waals surface area contributed by atoms with E-state index in [1.807, 2.05) is 6.07 Å². The molecule has 2 heteroatoms. The number of hydrogen-bond donors (Lipinski definition) is 0. The molecule has 0 saturated carbocycles. The van der Waals surface area contributed by atoms with Crippen molar-refractivity contribution < 1.29 is 0 Å². The van der Waals surface area contributed by atoms with Crippen LogP contribution in [0.15, 0.2) is 96.1 Å². The summed E-state index contributed by atoms with van der Waals surface area (Å²) in [6.07, 6.45) is 5.19. The highest BCUT2D eigenvalue weighted by Gasteiger charge is 2.28. The van der Waals surface area contributed by atoms with Crippen molar-refractivity contribution >= 4 is 17.5 Å². The highest BCUT2D eigenvalue weighted by Crippen LogP contribution is 2.36. The number of anilines is 1. The predicted octanol–water partition coefficient (Wildman–Crippen LogP) is 6.02. The van der Waals surface area contributed by atoms with Gasteiger partial charge in [-0.3, -0.25) is 5.01 Å². The van der Waals surface area contributed by atoms with Crippen LogP contribution in [0.5, 0.6) is 0 Å². The first-order valence-corrected chi connectivity index (χ1v) is 9.02. The maximum atomic E-state index is 4.96. The van der Waals surface area contributed by atoms with E-state index in [0.29, 0.717) is 0 Å². The monoisotopic (exact) mass is 338 g/mol. The molecule has 0 aliphatic carbocycles. The molecule has 0 saturated heterocycles. The van der Waals surface area contributed by atoms with Gasteiger partial charge in [0.1, 0.15) is 0 Å². The fraction of sp³-hybridized carbons (Fsp3) is 0.125. The molecule has 1 heterocycles. The van der Waals surface area contributed by atoms with Crippen LogP contribution < -0.4 is 5.01 Å². The molecule has 4 rings (SSSR count). The summed E-state index contributed by atoms with van der Waals surface area (Å²) in [5, 5.41) is 7.13. The first-order chi connectivity index (χ1) is 12.8. The summed E-state index contributed by atoms with van der Waals surface area (Å²) in [5.41, 5.74) is 6.00. The predicted molar refractivity (Wildman–Crippen MR) is 110 cm³/mol. The van der Waals surface area contributed by atoms with Gasteiger partial charge in [-0.2, -0.15) is 5.10 Å². The fourth-order valence-corrected chi connectivity index (χ4v) is 3.37. The van der Waals surface area contributed by atoms with Gasteiger partial charge in [-0.1, -0.05) is 84.9 Å². The molecule has 0 fully saturated rings. The van der Waals surface area contributed by atoms with Crippen LogP contribution >= 0.6 is 0 Å². The maximum Gasteiger partial charge on any atom is 0.0831 e. The molecule has 0 amide bonds. The minimum absolute atomic E-state index is 0.229. The number of allylic oxidation sites excluding steroid dienone is 1. The first-order valence-electron chi connectivity index (χ1n) is 9.02. The molecule has 1 aliphatic rings. The van der Waals surface area contributed by atoms with Crippen LogP contribution in [0.2, 0.25) is 0 Å². The molecule has 0 unspecified atom stereocenters. The molecular formula is C24H22N2. The van der Waals surface area contributed by atoms with Gasteiger partial charge in [0.05, 0.1) is 17.4 Å². The van der Waals surface area contributed by atoms with Crippen molar-refractivity contribution in [2.45, 2.75) is 19.4 Å². The van der Waals surface area contributed by atoms with Gasteiger partial charge in [-0.05, 0) is 35.8 Å². The zero-order chi connectivity index (χ0) is 17.8. The lowest BCUT2D eigenvalue weighted by Gasteiger charge is -2.25. The van der Waals surface area contributed by atoms with Crippen LogP contribution in [0.25, 0.3) is 6.08 Å². The third kappa shape index (κ3) is 3.45. The molecule has 0 N–H and O–H groups in total. The molecule has 0 radical (unpaired) electrons. The molecule has 3 aromatic carbocycles. The topological polar surface area (TPSA) is 15.6 Å². The van der Waals surface area contributed by atoms with Crippen molar-refractivity contribution in [3.8, 4) is 0 Å². The Morgan fingerprint density at radius 3 is 2.19 bits per heavy atom. The van der Waals surface area contributed by atoms with Crippen molar-refractivity contribution in [3.05, 3.63) is 108 Å². The van der Waals surface area contributed by atoms with Crippen LogP contribution in [-0.4, -0.2) is 5.71 Å². The molecule has 2 nitrogen and oxygen atoms in total. The van der Waals surface area contributed by atoms with Gasteiger partial charge in [0.2, 0.25) is 0 Å². The minimum atomic E-state index is 0.229. The van der Waals surface area contributed by atoms with Gasteiger partial charge in [0, 0.05) is 6.42 Å². The van der Waals surface area contributed by atoms with Crippen molar-refractivity contribution in [3.63, 3.8) is 0 Å². The molecule has 1 aliphatic heterocycles. The number of hydrogen-bond acceptors (Lipinski definition) is 2. The van der Waals surface area contributed by atoms with Crippen molar-refractivity contribution in [2.75, 3.05) is 5.01 Å². The Hall–Kier alpha value is -3.13. The Morgan fingerprint density at radius 1 is 0.808 bits per heavy atom. The molecule has 0 spiro atoms. The fourth-order valence-electron chi connectivity index (χ4n) is 3.37. The molecule has 128 valence electrons. The number of nitrogens with zero attached hydrogens (tertiary/aromatic N) is 2. The number of para-hydroxylation sites is 1. The summed E-state index contributed by atoms with van der Waals surface area (Å²) in [5.74, 6) is 0. The third-order valence-corrected chi connectivity index (χ3v) is 4.75. The highest BCUT2D eigenvalue weighted by molar-refractivity contribution is 6.01. The third-order valence-electron chi connectivity index (χ3n) is 4.75. The molecule has 3 aromatic rings.